The van der Waals surface area contributed by atoms with Crippen molar-refractivity contribution in [2.75, 3.05) is 5.32 Å². The van der Waals surface area contributed by atoms with Crippen LogP contribution in [0.5, 0.6) is 0 Å². The first-order chi connectivity index (χ1) is 10.0. The van der Waals surface area contributed by atoms with Crippen molar-refractivity contribution < 1.29 is 4.92 Å². The summed E-state index contributed by atoms with van der Waals surface area (Å²) in [5, 5.41) is 19.0. The highest BCUT2D eigenvalue weighted by molar-refractivity contribution is 5.60. The first kappa shape index (κ1) is 15.8. The van der Waals surface area contributed by atoms with Gasteiger partial charge in [0.1, 0.15) is 5.69 Å². The lowest BCUT2D eigenvalue weighted by Crippen LogP contribution is -2.39. The van der Waals surface area contributed by atoms with Gasteiger partial charge in [0, 0.05) is 19.1 Å². The highest BCUT2D eigenvalue weighted by Gasteiger charge is 2.29. The van der Waals surface area contributed by atoms with Crippen molar-refractivity contribution in [1.29, 1.82) is 0 Å². The number of nitrogens with one attached hydrogen (secondary N) is 1. The van der Waals surface area contributed by atoms with E-state index >= 15 is 0 Å². The molecule has 1 aromatic rings. The molecule has 2 atom stereocenters. The van der Waals surface area contributed by atoms with Crippen LogP contribution in [0.25, 0.3) is 0 Å². The Balaban J connectivity index is 2.27. The van der Waals surface area contributed by atoms with Crippen molar-refractivity contribution in [3.63, 3.8) is 0 Å². The Bertz CT molecular complexity index is 500. The largest absolute Gasteiger partial charge is 0.360 e. The van der Waals surface area contributed by atoms with Gasteiger partial charge >= 0.3 is 5.69 Å². The van der Waals surface area contributed by atoms with Crippen molar-refractivity contribution in [2.24, 2.45) is 12.8 Å². The van der Waals surface area contributed by atoms with E-state index in [-0.39, 0.29) is 22.7 Å². The third-order valence-corrected chi connectivity index (χ3v) is 4.15. The Morgan fingerprint density at radius 2 is 2.14 bits per heavy atom. The van der Waals surface area contributed by atoms with Gasteiger partial charge in [-0.25, -0.2) is 4.68 Å². The molecule has 0 saturated heterocycles. The number of hydrogen-bond acceptors (Lipinski definition) is 5. The number of anilines is 1. The molecule has 0 aliphatic heterocycles. The number of nitrogens with zero attached hydrogens (tertiary/aromatic N) is 3. The van der Waals surface area contributed by atoms with Crippen LogP contribution in [0, 0.1) is 10.1 Å². The van der Waals surface area contributed by atoms with Crippen molar-refractivity contribution in [2.45, 2.75) is 64.0 Å². The Labute approximate surface area is 125 Å². The summed E-state index contributed by atoms with van der Waals surface area (Å²) in [5.41, 5.74) is 6.86. The topological polar surface area (TPSA) is 99.0 Å². The number of aryl methyl sites for hydroxylation is 2. The van der Waals surface area contributed by atoms with Crippen LogP contribution in [-0.4, -0.2) is 26.8 Å². The summed E-state index contributed by atoms with van der Waals surface area (Å²) in [4.78, 5) is 11.1. The third kappa shape index (κ3) is 3.53. The summed E-state index contributed by atoms with van der Waals surface area (Å²) in [7, 11) is 1.75. The third-order valence-electron chi connectivity index (χ3n) is 4.15. The van der Waals surface area contributed by atoms with E-state index in [9.17, 15) is 10.1 Å². The van der Waals surface area contributed by atoms with Gasteiger partial charge in [0.25, 0.3) is 0 Å². The Morgan fingerprint density at radius 3 is 2.81 bits per heavy atom. The number of rotatable bonds is 5. The predicted molar refractivity (Wildman–Crippen MR) is 82.3 cm³/mol. The minimum atomic E-state index is -0.331. The normalized spacial score (nSPS) is 22.8. The summed E-state index contributed by atoms with van der Waals surface area (Å²) in [6.45, 7) is 1.99. The van der Waals surface area contributed by atoms with Gasteiger partial charge in [0.05, 0.1) is 4.92 Å². The molecule has 7 heteroatoms. The zero-order valence-corrected chi connectivity index (χ0v) is 12.8. The number of nitro groups is 1. The quantitative estimate of drug-likeness (QED) is 0.493. The van der Waals surface area contributed by atoms with Gasteiger partial charge < -0.3 is 11.1 Å². The number of aromatic nitrogens is 2. The van der Waals surface area contributed by atoms with Crippen LogP contribution in [-0.2, 0) is 13.5 Å². The first-order valence-electron chi connectivity index (χ1n) is 7.77. The van der Waals surface area contributed by atoms with Crippen LogP contribution in [0.4, 0.5) is 11.5 Å². The molecule has 0 amide bonds. The second-order valence-corrected chi connectivity index (χ2v) is 5.83. The average Bonchev–Trinajstić information content (AvgIpc) is 2.59. The standard InChI is InChI=1S/C14H25N5O2/c1-3-7-12-13(19(20)21)14(18(2)17-12)16-11-9-6-4-5-8-10(11)15/h10-11,16H,3-9,15H2,1-2H3. The van der Waals surface area contributed by atoms with Crippen molar-refractivity contribution in [1.82, 2.24) is 9.78 Å². The molecule has 1 aliphatic rings. The van der Waals surface area contributed by atoms with Crippen LogP contribution in [0.2, 0.25) is 0 Å². The minimum Gasteiger partial charge on any atom is -0.360 e. The van der Waals surface area contributed by atoms with Gasteiger partial charge in [0.2, 0.25) is 5.82 Å². The van der Waals surface area contributed by atoms with Crippen LogP contribution in [0.15, 0.2) is 0 Å². The van der Waals surface area contributed by atoms with E-state index in [0.29, 0.717) is 17.9 Å². The van der Waals surface area contributed by atoms with E-state index in [4.69, 9.17) is 5.73 Å². The van der Waals surface area contributed by atoms with E-state index in [1.807, 2.05) is 6.92 Å². The monoisotopic (exact) mass is 295 g/mol. The fraction of sp³-hybridized carbons (Fsp3) is 0.786. The molecule has 2 rings (SSSR count). The highest BCUT2D eigenvalue weighted by Crippen LogP contribution is 2.31. The smallest absolute Gasteiger partial charge is 0.334 e. The summed E-state index contributed by atoms with van der Waals surface area (Å²) in [6.07, 6.45) is 6.79. The molecule has 7 nitrogen and oxygen atoms in total. The average molecular weight is 295 g/mol. The maximum Gasteiger partial charge on any atom is 0.334 e. The van der Waals surface area contributed by atoms with Crippen LogP contribution < -0.4 is 11.1 Å². The molecular formula is C14H25N5O2. The van der Waals surface area contributed by atoms with Gasteiger partial charge in [-0.2, -0.15) is 5.10 Å². The summed E-state index contributed by atoms with van der Waals surface area (Å²) in [6, 6.07) is 0.118. The van der Waals surface area contributed by atoms with Gasteiger partial charge in [0.15, 0.2) is 0 Å². The lowest BCUT2D eigenvalue weighted by Gasteiger charge is -2.23. The van der Waals surface area contributed by atoms with E-state index in [0.717, 1.165) is 32.1 Å². The van der Waals surface area contributed by atoms with Crippen LogP contribution in [0.3, 0.4) is 0 Å². The van der Waals surface area contributed by atoms with Crippen molar-refractivity contribution >= 4 is 11.5 Å². The predicted octanol–water partition coefficient (Wildman–Crippen LogP) is 2.35. The molecule has 0 aromatic carbocycles. The minimum absolute atomic E-state index is 0.0385. The Hall–Kier alpha value is -1.63. The van der Waals surface area contributed by atoms with E-state index in [1.165, 1.54) is 6.42 Å². The molecule has 0 bridgehead atoms. The van der Waals surface area contributed by atoms with E-state index < -0.39 is 0 Å². The summed E-state index contributed by atoms with van der Waals surface area (Å²) in [5.74, 6) is 0.491. The molecule has 3 N–H and O–H groups in total. The van der Waals surface area contributed by atoms with Gasteiger partial charge in [-0.15, -0.1) is 0 Å². The fourth-order valence-corrected chi connectivity index (χ4v) is 3.02. The van der Waals surface area contributed by atoms with E-state index in [2.05, 4.69) is 10.4 Å². The maximum atomic E-state index is 11.4. The van der Waals surface area contributed by atoms with Gasteiger partial charge in [-0.3, -0.25) is 10.1 Å². The van der Waals surface area contributed by atoms with Gasteiger partial charge in [-0.1, -0.05) is 32.6 Å². The molecule has 0 radical (unpaired) electrons. The Kier molecular flexibility index (Phi) is 5.17. The first-order valence-corrected chi connectivity index (χ1v) is 7.77. The molecule has 0 spiro atoms. The SMILES string of the molecule is CCCc1nn(C)c(NC2CCCCCC2N)c1[N+](=O)[O-]. The lowest BCUT2D eigenvalue weighted by molar-refractivity contribution is -0.384. The molecule has 1 heterocycles. The summed E-state index contributed by atoms with van der Waals surface area (Å²) >= 11 is 0. The second-order valence-electron chi connectivity index (χ2n) is 5.83. The Morgan fingerprint density at radius 1 is 1.43 bits per heavy atom. The number of nitrogens with two attached hydrogens (primary N) is 1. The second kappa shape index (κ2) is 6.89. The zero-order chi connectivity index (χ0) is 15.4. The fourth-order valence-electron chi connectivity index (χ4n) is 3.02. The maximum absolute atomic E-state index is 11.4. The molecule has 1 saturated carbocycles. The van der Waals surface area contributed by atoms with E-state index in [1.54, 1.807) is 11.7 Å². The lowest BCUT2D eigenvalue weighted by atomic mass is 10.0. The molecule has 21 heavy (non-hydrogen) atoms. The molecule has 1 aliphatic carbocycles. The molecule has 118 valence electrons. The van der Waals surface area contributed by atoms with Crippen LogP contribution in [0.1, 0.15) is 51.1 Å². The van der Waals surface area contributed by atoms with Crippen molar-refractivity contribution in [3.8, 4) is 0 Å². The van der Waals surface area contributed by atoms with Gasteiger partial charge in [-0.05, 0) is 19.3 Å². The molecule has 2 unspecified atom stereocenters. The molecule has 1 aromatic heterocycles. The van der Waals surface area contributed by atoms with Crippen LogP contribution >= 0.6 is 0 Å². The highest BCUT2D eigenvalue weighted by atomic mass is 16.6. The molecular weight excluding hydrogens is 270 g/mol. The van der Waals surface area contributed by atoms with Crippen molar-refractivity contribution in [3.05, 3.63) is 15.8 Å². The summed E-state index contributed by atoms with van der Waals surface area (Å²) < 4.78 is 1.58. The molecule has 1 fully saturated rings. The number of hydrogen-bond donors (Lipinski definition) is 2. The zero-order valence-electron chi connectivity index (χ0n) is 12.8.